The van der Waals surface area contributed by atoms with E-state index < -0.39 is 0 Å². The van der Waals surface area contributed by atoms with Gasteiger partial charge in [0.15, 0.2) is 0 Å². The predicted octanol–water partition coefficient (Wildman–Crippen LogP) is 1.18. The lowest BCUT2D eigenvalue weighted by atomic mass is 10.1. The number of carbonyl (C=O) groups is 1. The van der Waals surface area contributed by atoms with Gasteiger partial charge in [0.05, 0.1) is 6.54 Å². The highest BCUT2D eigenvalue weighted by Crippen LogP contribution is 2.05. The Hall–Kier alpha value is -0.810. The molecule has 0 unspecified atom stereocenters. The van der Waals surface area contributed by atoms with E-state index in [0.717, 1.165) is 39.1 Å². The molecule has 1 aromatic carbocycles. The predicted molar refractivity (Wildman–Crippen MR) is 86.7 cm³/mol. The van der Waals surface area contributed by atoms with Crippen molar-refractivity contribution in [2.45, 2.75) is 6.42 Å². The molecule has 1 saturated heterocycles. The first kappa shape index (κ1) is 19.2. The second kappa shape index (κ2) is 10.00. The highest BCUT2D eigenvalue weighted by atomic mass is 35.5. The molecule has 0 saturated carbocycles. The van der Waals surface area contributed by atoms with Crippen LogP contribution < -0.4 is 5.73 Å². The molecule has 1 amide bonds. The number of halogens is 2. The zero-order chi connectivity index (χ0) is 12.8. The van der Waals surface area contributed by atoms with Crippen LogP contribution in [0.15, 0.2) is 30.3 Å². The summed E-state index contributed by atoms with van der Waals surface area (Å²) in [5, 5.41) is 0. The Morgan fingerprint density at radius 3 is 2.20 bits per heavy atom. The minimum atomic E-state index is 0. The Kier molecular flexibility index (Phi) is 9.59. The van der Waals surface area contributed by atoms with Crippen LogP contribution >= 0.6 is 24.8 Å². The van der Waals surface area contributed by atoms with Gasteiger partial charge in [0.2, 0.25) is 5.91 Å². The Morgan fingerprint density at radius 2 is 1.65 bits per heavy atom. The number of carbonyl (C=O) groups excluding carboxylic acids is 1. The van der Waals surface area contributed by atoms with Gasteiger partial charge in [-0.15, -0.1) is 24.8 Å². The molecule has 114 valence electrons. The number of amides is 1. The fourth-order valence-electron chi connectivity index (χ4n) is 2.28. The van der Waals surface area contributed by atoms with Crippen molar-refractivity contribution in [3.8, 4) is 0 Å². The number of nitrogens with two attached hydrogens (primary N) is 1. The molecule has 1 fully saturated rings. The average Bonchev–Trinajstić information content (AvgIpc) is 2.46. The molecule has 1 aliphatic rings. The van der Waals surface area contributed by atoms with E-state index in [-0.39, 0.29) is 37.3 Å². The summed E-state index contributed by atoms with van der Waals surface area (Å²) in [7, 11) is 0. The normalized spacial score (nSPS) is 15.2. The lowest BCUT2D eigenvalue weighted by Crippen LogP contribution is -2.50. The first-order valence-corrected chi connectivity index (χ1v) is 6.53. The highest BCUT2D eigenvalue weighted by Gasteiger charge is 2.19. The maximum atomic E-state index is 11.4. The van der Waals surface area contributed by atoms with E-state index >= 15 is 0 Å². The van der Waals surface area contributed by atoms with Crippen LogP contribution in [0, 0.1) is 0 Å². The van der Waals surface area contributed by atoms with Gasteiger partial charge in [0.25, 0.3) is 0 Å². The monoisotopic (exact) mass is 319 g/mol. The summed E-state index contributed by atoms with van der Waals surface area (Å²) in [6, 6.07) is 10.5. The maximum absolute atomic E-state index is 11.4. The van der Waals surface area contributed by atoms with Gasteiger partial charge in [-0.25, -0.2) is 0 Å². The number of rotatable bonds is 4. The standard InChI is InChI=1S/C14H21N3O.2ClH/c15-12-14(18)17-10-8-16(9-11-17)7-6-13-4-2-1-3-5-13;;/h1-5H,6-12,15H2;2*1H. The van der Waals surface area contributed by atoms with Crippen LogP contribution in [0.3, 0.4) is 0 Å². The second-order valence-corrected chi connectivity index (χ2v) is 4.66. The van der Waals surface area contributed by atoms with E-state index in [4.69, 9.17) is 5.73 Å². The van der Waals surface area contributed by atoms with E-state index in [1.54, 1.807) is 0 Å². The SMILES string of the molecule is Cl.Cl.NCC(=O)N1CCN(CCc2ccccc2)CC1. The number of benzene rings is 1. The summed E-state index contributed by atoms with van der Waals surface area (Å²) in [5.41, 5.74) is 6.74. The van der Waals surface area contributed by atoms with Gasteiger partial charge in [0, 0.05) is 32.7 Å². The van der Waals surface area contributed by atoms with Gasteiger partial charge in [0.1, 0.15) is 0 Å². The molecule has 0 atom stereocenters. The molecule has 0 bridgehead atoms. The summed E-state index contributed by atoms with van der Waals surface area (Å²) in [6.45, 7) is 4.73. The minimum Gasteiger partial charge on any atom is -0.339 e. The maximum Gasteiger partial charge on any atom is 0.236 e. The molecule has 2 rings (SSSR count). The summed E-state index contributed by atoms with van der Waals surface area (Å²) in [6.07, 6.45) is 1.08. The van der Waals surface area contributed by atoms with Crippen molar-refractivity contribution in [1.29, 1.82) is 0 Å². The molecule has 0 aliphatic carbocycles. The molecule has 0 spiro atoms. The minimum absolute atomic E-state index is 0. The largest absolute Gasteiger partial charge is 0.339 e. The van der Waals surface area contributed by atoms with Crippen molar-refractivity contribution in [1.82, 2.24) is 9.80 Å². The second-order valence-electron chi connectivity index (χ2n) is 4.66. The zero-order valence-corrected chi connectivity index (χ0v) is 13.2. The molecule has 0 radical (unpaired) electrons. The fourth-order valence-corrected chi connectivity index (χ4v) is 2.28. The van der Waals surface area contributed by atoms with Crippen molar-refractivity contribution in [2.75, 3.05) is 39.3 Å². The summed E-state index contributed by atoms with van der Waals surface area (Å²) < 4.78 is 0. The Labute approximate surface area is 133 Å². The van der Waals surface area contributed by atoms with Crippen LogP contribution in [0.2, 0.25) is 0 Å². The van der Waals surface area contributed by atoms with E-state index in [9.17, 15) is 4.79 Å². The van der Waals surface area contributed by atoms with Crippen LogP contribution in [0.25, 0.3) is 0 Å². The van der Waals surface area contributed by atoms with Crippen molar-refractivity contribution >= 4 is 30.7 Å². The van der Waals surface area contributed by atoms with Gasteiger partial charge in [-0.2, -0.15) is 0 Å². The molecule has 6 heteroatoms. The molecule has 4 nitrogen and oxygen atoms in total. The van der Waals surface area contributed by atoms with Gasteiger partial charge in [-0.05, 0) is 12.0 Å². The average molecular weight is 320 g/mol. The summed E-state index contributed by atoms with van der Waals surface area (Å²) in [5.74, 6) is 0.0673. The van der Waals surface area contributed by atoms with Gasteiger partial charge in [-0.1, -0.05) is 30.3 Å². The summed E-state index contributed by atoms with van der Waals surface area (Å²) >= 11 is 0. The van der Waals surface area contributed by atoms with E-state index in [1.165, 1.54) is 5.56 Å². The molecule has 1 aliphatic heterocycles. The first-order valence-electron chi connectivity index (χ1n) is 6.53. The van der Waals surface area contributed by atoms with Crippen molar-refractivity contribution < 1.29 is 4.79 Å². The molecular weight excluding hydrogens is 297 g/mol. The van der Waals surface area contributed by atoms with E-state index in [1.807, 2.05) is 11.0 Å². The van der Waals surface area contributed by atoms with Crippen molar-refractivity contribution in [3.63, 3.8) is 0 Å². The molecule has 20 heavy (non-hydrogen) atoms. The summed E-state index contributed by atoms with van der Waals surface area (Å²) in [4.78, 5) is 15.7. The lowest BCUT2D eigenvalue weighted by molar-refractivity contribution is -0.131. The van der Waals surface area contributed by atoms with Gasteiger partial charge >= 0.3 is 0 Å². The topological polar surface area (TPSA) is 49.6 Å². The zero-order valence-electron chi connectivity index (χ0n) is 11.5. The quantitative estimate of drug-likeness (QED) is 0.906. The number of nitrogens with zero attached hydrogens (tertiary/aromatic N) is 2. The van der Waals surface area contributed by atoms with Crippen LogP contribution in [-0.4, -0.2) is 55.0 Å². The van der Waals surface area contributed by atoms with Crippen LogP contribution in [-0.2, 0) is 11.2 Å². The molecule has 0 aromatic heterocycles. The van der Waals surface area contributed by atoms with Crippen molar-refractivity contribution in [3.05, 3.63) is 35.9 Å². The third kappa shape index (κ3) is 5.67. The number of piperazine rings is 1. The Balaban J connectivity index is 0.00000180. The third-order valence-corrected chi connectivity index (χ3v) is 3.46. The Morgan fingerprint density at radius 1 is 1.05 bits per heavy atom. The highest BCUT2D eigenvalue weighted by molar-refractivity contribution is 5.85. The van der Waals surface area contributed by atoms with Crippen LogP contribution in [0.1, 0.15) is 5.56 Å². The molecule has 2 N–H and O–H groups in total. The van der Waals surface area contributed by atoms with E-state index in [0.29, 0.717) is 0 Å². The molecule has 1 heterocycles. The number of hydrogen-bond acceptors (Lipinski definition) is 3. The Bertz CT molecular complexity index is 381. The molecular formula is C14H23Cl2N3O. The molecule has 1 aromatic rings. The van der Waals surface area contributed by atoms with Gasteiger partial charge in [-0.3, -0.25) is 9.69 Å². The number of hydrogen-bond donors (Lipinski definition) is 1. The van der Waals surface area contributed by atoms with E-state index in [2.05, 4.69) is 29.2 Å². The van der Waals surface area contributed by atoms with Crippen molar-refractivity contribution in [2.24, 2.45) is 5.73 Å². The van der Waals surface area contributed by atoms with Crippen LogP contribution in [0.4, 0.5) is 0 Å². The van der Waals surface area contributed by atoms with Crippen LogP contribution in [0.5, 0.6) is 0 Å². The van der Waals surface area contributed by atoms with Gasteiger partial charge < -0.3 is 10.6 Å². The first-order chi connectivity index (χ1) is 8.79. The smallest absolute Gasteiger partial charge is 0.236 e. The third-order valence-electron chi connectivity index (χ3n) is 3.46. The lowest BCUT2D eigenvalue weighted by Gasteiger charge is -2.34. The fraction of sp³-hybridized carbons (Fsp3) is 0.500.